The molecular formula is C20H30O. The summed E-state index contributed by atoms with van der Waals surface area (Å²) in [5.74, 6) is 1.48. The van der Waals surface area contributed by atoms with Gasteiger partial charge in [-0.3, -0.25) is 0 Å². The van der Waals surface area contributed by atoms with Crippen LogP contribution in [0.15, 0.2) is 18.7 Å². The van der Waals surface area contributed by atoms with E-state index in [1.54, 1.807) is 0 Å². The molecule has 0 heterocycles. The average molecular weight is 286 g/mol. The van der Waals surface area contributed by atoms with Crippen LogP contribution in [0.25, 0.3) is 5.76 Å². The van der Waals surface area contributed by atoms with Gasteiger partial charge in [0, 0.05) is 5.56 Å². The third-order valence-corrected chi connectivity index (χ3v) is 5.46. The van der Waals surface area contributed by atoms with E-state index in [9.17, 15) is 0 Å². The molecule has 1 aliphatic rings. The fraction of sp³-hybridized carbons (Fsp3) is 0.600. The minimum Gasteiger partial charge on any atom is -0.494 e. The molecular weight excluding hydrogens is 256 g/mol. The van der Waals surface area contributed by atoms with Gasteiger partial charge >= 0.3 is 0 Å². The van der Waals surface area contributed by atoms with Gasteiger partial charge in [0.25, 0.3) is 0 Å². The average Bonchev–Trinajstić information content (AvgIpc) is 2.36. The van der Waals surface area contributed by atoms with Gasteiger partial charge in [0.15, 0.2) is 0 Å². The topological polar surface area (TPSA) is 9.23 Å². The zero-order chi connectivity index (χ0) is 16.0. The molecule has 0 amide bonds. The van der Waals surface area contributed by atoms with Crippen LogP contribution in [-0.4, -0.2) is 6.61 Å². The molecule has 0 bridgehead atoms. The quantitative estimate of drug-likeness (QED) is 0.657. The normalized spacial score (nSPS) is 22.5. The maximum atomic E-state index is 5.65. The second-order valence-electron chi connectivity index (χ2n) is 7.78. The number of benzene rings is 1. The summed E-state index contributed by atoms with van der Waals surface area (Å²) in [5, 5.41) is 0. The SMILES string of the molecule is C=C(OCC)c1cc2c(cc1C)C(C)(C)C(C)CC2(C)C. The maximum Gasteiger partial charge on any atom is 0.119 e. The second-order valence-corrected chi connectivity index (χ2v) is 7.78. The molecule has 1 aliphatic carbocycles. The van der Waals surface area contributed by atoms with E-state index < -0.39 is 0 Å². The predicted molar refractivity (Wildman–Crippen MR) is 91.7 cm³/mol. The predicted octanol–water partition coefficient (Wildman–Crippen LogP) is 5.60. The summed E-state index contributed by atoms with van der Waals surface area (Å²) in [5.41, 5.74) is 5.82. The summed E-state index contributed by atoms with van der Waals surface area (Å²) in [4.78, 5) is 0. The van der Waals surface area contributed by atoms with E-state index in [0.29, 0.717) is 12.5 Å². The Balaban J connectivity index is 2.64. The van der Waals surface area contributed by atoms with Gasteiger partial charge in [-0.15, -0.1) is 0 Å². The molecule has 116 valence electrons. The van der Waals surface area contributed by atoms with Gasteiger partial charge in [0.1, 0.15) is 5.76 Å². The van der Waals surface area contributed by atoms with Crippen LogP contribution in [0.3, 0.4) is 0 Å². The van der Waals surface area contributed by atoms with Crippen LogP contribution in [0.4, 0.5) is 0 Å². The summed E-state index contributed by atoms with van der Waals surface area (Å²) < 4.78 is 5.65. The highest BCUT2D eigenvalue weighted by Gasteiger charge is 2.42. The first kappa shape index (κ1) is 16.1. The van der Waals surface area contributed by atoms with E-state index in [2.05, 4.69) is 60.3 Å². The Hall–Kier alpha value is -1.24. The van der Waals surface area contributed by atoms with Crippen molar-refractivity contribution in [1.29, 1.82) is 0 Å². The van der Waals surface area contributed by atoms with Crippen molar-refractivity contribution in [2.75, 3.05) is 6.61 Å². The van der Waals surface area contributed by atoms with Crippen molar-refractivity contribution in [3.05, 3.63) is 41.0 Å². The van der Waals surface area contributed by atoms with Gasteiger partial charge in [-0.1, -0.05) is 47.3 Å². The highest BCUT2D eigenvalue weighted by molar-refractivity contribution is 5.64. The zero-order valence-electron chi connectivity index (χ0n) is 14.8. The largest absolute Gasteiger partial charge is 0.494 e. The number of fused-ring (bicyclic) bond motifs is 1. The molecule has 1 unspecified atom stereocenters. The van der Waals surface area contributed by atoms with E-state index in [4.69, 9.17) is 4.74 Å². The number of hydrogen-bond donors (Lipinski definition) is 0. The number of ether oxygens (including phenoxy) is 1. The summed E-state index contributed by atoms with van der Waals surface area (Å²) in [6, 6.07) is 4.70. The van der Waals surface area contributed by atoms with Crippen LogP contribution in [0.5, 0.6) is 0 Å². The minimum atomic E-state index is 0.208. The molecule has 0 N–H and O–H groups in total. The lowest BCUT2D eigenvalue weighted by Gasteiger charge is -2.47. The lowest BCUT2D eigenvalue weighted by molar-refractivity contribution is 0.233. The van der Waals surface area contributed by atoms with Crippen molar-refractivity contribution in [2.24, 2.45) is 5.92 Å². The van der Waals surface area contributed by atoms with Crippen LogP contribution in [-0.2, 0) is 15.6 Å². The fourth-order valence-electron chi connectivity index (χ4n) is 3.75. The van der Waals surface area contributed by atoms with E-state index >= 15 is 0 Å². The highest BCUT2D eigenvalue weighted by Crippen LogP contribution is 2.50. The number of rotatable bonds is 3. The summed E-state index contributed by atoms with van der Waals surface area (Å²) in [7, 11) is 0. The van der Waals surface area contributed by atoms with E-state index in [1.807, 2.05) is 6.92 Å². The molecule has 0 aromatic heterocycles. The van der Waals surface area contributed by atoms with Crippen molar-refractivity contribution in [3.63, 3.8) is 0 Å². The number of aryl methyl sites for hydroxylation is 1. The lowest BCUT2D eigenvalue weighted by Crippen LogP contribution is -2.40. The van der Waals surface area contributed by atoms with Crippen molar-refractivity contribution in [3.8, 4) is 0 Å². The molecule has 0 spiro atoms. The Morgan fingerprint density at radius 2 is 1.86 bits per heavy atom. The van der Waals surface area contributed by atoms with E-state index in [0.717, 1.165) is 11.3 Å². The van der Waals surface area contributed by atoms with Gasteiger partial charge in [0.2, 0.25) is 0 Å². The summed E-state index contributed by atoms with van der Waals surface area (Å²) in [6.07, 6.45) is 1.22. The third-order valence-electron chi connectivity index (χ3n) is 5.46. The van der Waals surface area contributed by atoms with Gasteiger partial charge in [-0.2, -0.15) is 0 Å². The molecule has 1 atom stereocenters. The van der Waals surface area contributed by atoms with Crippen molar-refractivity contribution >= 4 is 5.76 Å². The van der Waals surface area contributed by atoms with Crippen LogP contribution in [0.1, 0.15) is 70.2 Å². The first-order valence-corrected chi connectivity index (χ1v) is 8.09. The molecule has 0 radical (unpaired) electrons. The smallest absolute Gasteiger partial charge is 0.119 e. The van der Waals surface area contributed by atoms with Crippen LogP contribution < -0.4 is 0 Å². The molecule has 1 aromatic carbocycles. The van der Waals surface area contributed by atoms with Crippen molar-refractivity contribution in [2.45, 2.75) is 65.7 Å². The Morgan fingerprint density at radius 3 is 2.43 bits per heavy atom. The molecule has 0 saturated carbocycles. The zero-order valence-corrected chi connectivity index (χ0v) is 14.8. The molecule has 0 saturated heterocycles. The molecule has 0 aliphatic heterocycles. The molecule has 1 heteroatoms. The molecule has 21 heavy (non-hydrogen) atoms. The maximum absolute atomic E-state index is 5.65. The first-order valence-electron chi connectivity index (χ1n) is 8.09. The Bertz CT molecular complexity index is 563. The number of hydrogen-bond acceptors (Lipinski definition) is 1. The van der Waals surface area contributed by atoms with Crippen molar-refractivity contribution in [1.82, 2.24) is 0 Å². The first-order chi connectivity index (χ1) is 9.61. The van der Waals surface area contributed by atoms with Crippen LogP contribution in [0.2, 0.25) is 0 Å². The Labute approximate surface area is 130 Å². The lowest BCUT2D eigenvalue weighted by atomic mass is 9.58. The Kier molecular flexibility index (Phi) is 3.99. The van der Waals surface area contributed by atoms with Gasteiger partial charge in [-0.05, 0) is 59.8 Å². The molecule has 2 rings (SSSR count). The molecule has 1 aromatic rings. The van der Waals surface area contributed by atoms with Crippen molar-refractivity contribution < 1.29 is 4.74 Å². The van der Waals surface area contributed by atoms with Crippen LogP contribution >= 0.6 is 0 Å². The van der Waals surface area contributed by atoms with Gasteiger partial charge in [0.05, 0.1) is 6.61 Å². The van der Waals surface area contributed by atoms with Crippen LogP contribution in [0, 0.1) is 12.8 Å². The standard InChI is InChI=1S/C20H30O/c1-9-21-15(4)16-11-17-18(10-13(16)2)20(7,8)14(3)12-19(17,5)6/h10-11,14H,4,9,12H2,1-3,5-8H3. The third kappa shape index (κ3) is 2.63. The summed E-state index contributed by atoms with van der Waals surface area (Å²) >= 11 is 0. The Morgan fingerprint density at radius 1 is 1.24 bits per heavy atom. The monoisotopic (exact) mass is 286 g/mol. The summed E-state index contributed by atoms with van der Waals surface area (Å²) in [6.45, 7) is 20.8. The fourth-order valence-corrected chi connectivity index (χ4v) is 3.75. The minimum absolute atomic E-state index is 0.208. The molecule has 0 fully saturated rings. The van der Waals surface area contributed by atoms with E-state index in [-0.39, 0.29) is 10.8 Å². The molecule has 1 nitrogen and oxygen atoms in total. The van der Waals surface area contributed by atoms with Gasteiger partial charge in [-0.25, -0.2) is 0 Å². The highest BCUT2D eigenvalue weighted by atomic mass is 16.5. The van der Waals surface area contributed by atoms with E-state index in [1.165, 1.54) is 23.1 Å². The van der Waals surface area contributed by atoms with Gasteiger partial charge < -0.3 is 4.74 Å². The second kappa shape index (κ2) is 5.19.